The SMILES string of the molecule is CCOC(=O)CCc1ncc(OCC[C@H](C)Oc2ccc(Cl)cc2Oc2ccccc2)cc1C. The van der Waals surface area contributed by atoms with E-state index in [-0.39, 0.29) is 12.1 Å². The second-order valence-corrected chi connectivity index (χ2v) is 8.25. The largest absolute Gasteiger partial charge is 0.492 e. The first-order valence-corrected chi connectivity index (χ1v) is 11.8. The third kappa shape index (κ3) is 7.96. The Balaban J connectivity index is 1.50. The van der Waals surface area contributed by atoms with Gasteiger partial charge < -0.3 is 18.9 Å². The maximum absolute atomic E-state index is 11.6. The van der Waals surface area contributed by atoms with Crippen LogP contribution in [-0.4, -0.2) is 30.3 Å². The lowest BCUT2D eigenvalue weighted by atomic mass is 10.1. The lowest BCUT2D eigenvalue weighted by Crippen LogP contribution is -2.16. The molecule has 0 saturated heterocycles. The van der Waals surface area contributed by atoms with Gasteiger partial charge >= 0.3 is 5.97 Å². The van der Waals surface area contributed by atoms with Crippen LogP contribution in [0.25, 0.3) is 0 Å². The van der Waals surface area contributed by atoms with Crippen molar-refractivity contribution in [1.82, 2.24) is 4.98 Å². The number of benzene rings is 2. The fourth-order valence-electron chi connectivity index (χ4n) is 3.26. The van der Waals surface area contributed by atoms with Crippen LogP contribution in [0.5, 0.6) is 23.0 Å². The number of pyridine rings is 1. The van der Waals surface area contributed by atoms with Crippen LogP contribution < -0.4 is 14.2 Å². The molecule has 7 heteroatoms. The lowest BCUT2D eigenvalue weighted by molar-refractivity contribution is -0.143. The van der Waals surface area contributed by atoms with Gasteiger partial charge in [0.2, 0.25) is 0 Å². The van der Waals surface area contributed by atoms with Crippen molar-refractivity contribution < 1.29 is 23.7 Å². The van der Waals surface area contributed by atoms with Gasteiger partial charge in [-0.05, 0) is 56.7 Å². The molecule has 0 spiro atoms. The fourth-order valence-corrected chi connectivity index (χ4v) is 3.43. The molecule has 0 aliphatic heterocycles. The van der Waals surface area contributed by atoms with Crippen LogP contribution in [0.3, 0.4) is 0 Å². The zero-order valence-electron chi connectivity index (χ0n) is 19.8. The van der Waals surface area contributed by atoms with Crippen LogP contribution in [0.15, 0.2) is 60.8 Å². The number of aryl methyl sites for hydroxylation is 2. The van der Waals surface area contributed by atoms with Crippen LogP contribution in [-0.2, 0) is 16.0 Å². The maximum atomic E-state index is 11.6. The number of carbonyl (C=O) groups is 1. The van der Waals surface area contributed by atoms with Gasteiger partial charge in [0.25, 0.3) is 0 Å². The Bertz CT molecular complexity index is 1070. The van der Waals surface area contributed by atoms with Gasteiger partial charge in [0.1, 0.15) is 11.5 Å². The molecule has 0 aliphatic carbocycles. The standard InChI is InChI=1S/C27H30ClNO5/c1-4-31-27(30)13-11-24-19(2)16-23(18-29-24)32-15-14-20(3)33-25-12-10-21(28)17-26(25)34-22-8-6-5-7-9-22/h5-10,12,16-18,20H,4,11,13-15H2,1-3H3/t20-/m0/s1. The van der Waals surface area contributed by atoms with Crippen LogP contribution >= 0.6 is 11.6 Å². The molecule has 34 heavy (non-hydrogen) atoms. The highest BCUT2D eigenvalue weighted by atomic mass is 35.5. The van der Waals surface area contributed by atoms with Crippen molar-refractivity contribution in [2.75, 3.05) is 13.2 Å². The summed E-state index contributed by atoms with van der Waals surface area (Å²) in [6.07, 6.45) is 3.10. The smallest absolute Gasteiger partial charge is 0.306 e. The molecule has 2 aromatic carbocycles. The number of rotatable bonds is 12. The average molecular weight is 484 g/mol. The molecule has 1 aromatic heterocycles. The summed E-state index contributed by atoms with van der Waals surface area (Å²) in [6, 6.07) is 16.7. The zero-order chi connectivity index (χ0) is 24.3. The number of hydrogen-bond acceptors (Lipinski definition) is 6. The van der Waals surface area contributed by atoms with Crippen molar-refractivity contribution in [2.45, 2.75) is 46.1 Å². The highest BCUT2D eigenvalue weighted by molar-refractivity contribution is 6.30. The quantitative estimate of drug-likeness (QED) is 0.271. The van der Waals surface area contributed by atoms with Gasteiger partial charge in [-0.15, -0.1) is 0 Å². The zero-order valence-corrected chi connectivity index (χ0v) is 20.5. The minimum Gasteiger partial charge on any atom is -0.492 e. The molecule has 0 N–H and O–H groups in total. The van der Waals surface area contributed by atoms with Crippen molar-refractivity contribution >= 4 is 17.6 Å². The summed E-state index contributed by atoms with van der Waals surface area (Å²) < 4.78 is 22.9. The molecule has 0 radical (unpaired) electrons. The summed E-state index contributed by atoms with van der Waals surface area (Å²) in [4.78, 5) is 16.0. The summed E-state index contributed by atoms with van der Waals surface area (Å²) in [7, 11) is 0. The predicted molar refractivity (Wildman–Crippen MR) is 132 cm³/mol. The van der Waals surface area contributed by atoms with Gasteiger partial charge in [-0.1, -0.05) is 29.8 Å². The van der Waals surface area contributed by atoms with E-state index in [0.717, 1.165) is 11.3 Å². The monoisotopic (exact) mass is 483 g/mol. The number of aromatic nitrogens is 1. The number of para-hydroxylation sites is 1. The third-order valence-electron chi connectivity index (χ3n) is 5.03. The molecule has 0 saturated carbocycles. The molecule has 0 unspecified atom stereocenters. The van der Waals surface area contributed by atoms with Crippen molar-refractivity contribution in [1.29, 1.82) is 0 Å². The fraction of sp³-hybridized carbons (Fsp3) is 0.333. The van der Waals surface area contributed by atoms with E-state index in [9.17, 15) is 4.79 Å². The normalized spacial score (nSPS) is 11.5. The number of hydrogen-bond donors (Lipinski definition) is 0. The van der Waals surface area contributed by atoms with Crippen LogP contribution in [0.1, 0.15) is 37.9 Å². The van der Waals surface area contributed by atoms with E-state index in [1.54, 1.807) is 31.3 Å². The summed E-state index contributed by atoms with van der Waals surface area (Å²) in [5.74, 6) is 2.35. The van der Waals surface area contributed by atoms with Gasteiger partial charge in [0.05, 0.1) is 31.9 Å². The molecule has 1 atom stereocenters. The Kier molecular flexibility index (Phi) is 9.59. The topological polar surface area (TPSA) is 66.9 Å². The van der Waals surface area contributed by atoms with E-state index >= 15 is 0 Å². The highest BCUT2D eigenvalue weighted by Crippen LogP contribution is 2.35. The summed E-state index contributed by atoms with van der Waals surface area (Å²) in [6.45, 7) is 6.59. The van der Waals surface area contributed by atoms with Gasteiger partial charge in [-0.3, -0.25) is 9.78 Å². The van der Waals surface area contributed by atoms with Gasteiger partial charge in [0, 0.05) is 29.6 Å². The highest BCUT2D eigenvalue weighted by Gasteiger charge is 2.13. The predicted octanol–water partition coefficient (Wildman–Crippen LogP) is 6.57. The van der Waals surface area contributed by atoms with E-state index < -0.39 is 0 Å². The molecular formula is C27H30ClNO5. The van der Waals surface area contributed by atoms with Gasteiger partial charge in [-0.2, -0.15) is 0 Å². The maximum Gasteiger partial charge on any atom is 0.306 e. The molecule has 6 nitrogen and oxygen atoms in total. The lowest BCUT2D eigenvalue weighted by Gasteiger charge is -2.18. The number of esters is 1. The van der Waals surface area contributed by atoms with Gasteiger partial charge in [-0.25, -0.2) is 0 Å². The molecule has 0 bridgehead atoms. The van der Waals surface area contributed by atoms with Crippen LogP contribution in [0, 0.1) is 6.92 Å². The van der Waals surface area contributed by atoms with E-state index in [1.165, 1.54) is 0 Å². The molecule has 0 aliphatic rings. The average Bonchev–Trinajstić information content (AvgIpc) is 2.81. The third-order valence-corrected chi connectivity index (χ3v) is 5.27. The van der Waals surface area contributed by atoms with Crippen molar-refractivity contribution in [3.8, 4) is 23.0 Å². The molecule has 0 fully saturated rings. The van der Waals surface area contributed by atoms with Crippen molar-refractivity contribution in [3.05, 3.63) is 77.1 Å². The van der Waals surface area contributed by atoms with E-state index in [4.69, 9.17) is 30.5 Å². The Hall–Kier alpha value is -3.25. The molecule has 1 heterocycles. The van der Waals surface area contributed by atoms with E-state index in [2.05, 4.69) is 4.98 Å². The van der Waals surface area contributed by atoms with E-state index in [1.807, 2.05) is 50.2 Å². The number of carbonyl (C=O) groups excluding carboxylic acids is 1. The minimum atomic E-state index is -0.212. The first-order chi connectivity index (χ1) is 16.4. The van der Waals surface area contributed by atoms with Crippen LogP contribution in [0.2, 0.25) is 5.02 Å². The summed E-state index contributed by atoms with van der Waals surface area (Å²) in [5.41, 5.74) is 1.85. The number of ether oxygens (including phenoxy) is 4. The number of halogens is 1. The Labute approximate surface area is 205 Å². The Morgan fingerprint density at radius 3 is 2.59 bits per heavy atom. The molecule has 0 amide bonds. The molecular weight excluding hydrogens is 454 g/mol. The van der Waals surface area contributed by atoms with Gasteiger partial charge in [0.15, 0.2) is 11.5 Å². The summed E-state index contributed by atoms with van der Waals surface area (Å²) in [5, 5.41) is 0.572. The second-order valence-electron chi connectivity index (χ2n) is 7.81. The van der Waals surface area contributed by atoms with E-state index in [0.29, 0.717) is 60.5 Å². The summed E-state index contributed by atoms with van der Waals surface area (Å²) >= 11 is 6.16. The Morgan fingerprint density at radius 2 is 1.85 bits per heavy atom. The van der Waals surface area contributed by atoms with Crippen molar-refractivity contribution in [3.63, 3.8) is 0 Å². The van der Waals surface area contributed by atoms with Crippen LogP contribution in [0.4, 0.5) is 0 Å². The molecule has 3 aromatic rings. The van der Waals surface area contributed by atoms with Crippen molar-refractivity contribution in [2.24, 2.45) is 0 Å². The Morgan fingerprint density at radius 1 is 1.06 bits per heavy atom. The second kappa shape index (κ2) is 12.8. The first kappa shape index (κ1) is 25.4. The molecule has 3 rings (SSSR count). The first-order valence-electron chi connectivity index (χ1n) is 11.4. The minimum absolute atomic E-state index is 0.114. The molecule has 180 valence electrons. The number of nitrogens with zero attached hydrogens (tertiary/aromatic N) is 1.